The predicted molar refractivity (Wildman–Crippen MR) is 76.7 cm³/mol. The monoisotopic (exact) mass is 311 g/mol. The van der Waals surface area contributed by atoms with Crippen LogP contribution in [-0.2, 0) is 0 Å². The molecular formula is C13H18BrN3O. The average Bonchev–Trinajstić information content (AvgIpc) is 2.38. The number of aliphatic hydroxyl groups is 1. The molecular weight excluding hydrogens is 294 g/mol. The number of aliphatic imine (C=N–C) groups is 1. The van der Waals surface area contributed by atoms with Gasteiger partial charge in [-0.15, -0.1) is 0 Å². The summed E-state index contributed by atoms with van der Waals surface area (Å²) in [6, 6.07) is 7.71. The summed E-state index contributed by atoms with van der Waals surface area (Å²) in [4.78, 5) is 6.49. The Bertz CT molecular complexity index is 436. The summed E-state index contributed by atoms with van der Waals surface area (Å²) in [5.74, 6) is 0.868. The van der Waals surface area contributed by atoms with Crippen molar-refractivity contribution in [3.8, 4) is 0 Å². The zero-order valence-corrected chi connectivity index (χ0v) is 12.0. The summed E-state index contributed by atoms with van der Waals surface area (Å²) in [6.45, 7) is 2.33. The number of hydrogen-bond donors (Lipinski definition) is 2. The normalized spacial score (nSPS) is 17.3. The van der Waals surface area contributed by atoms with E-state index in [1.165, 1.54) is 0 Å². The van der Waals surface area contributed by atoms with E-state index in [0.29, 0.717) is 6.54 Å². The van der Waals surface area contributed by atoms with E-state index < -0.39 is 6.10 Å². The van der Waals surface area contributed by atoms with Crippen molar-refractivity contribution in [3.63, 3.8) is 0 Å². The van der Waals surface area contributed by atoms with E-state index in [1.54, 1.807) is 0 Å². The molecule has 1 aliphatic heterocycles. The van der Waals surface area contributed by atoms with E-state index in [1.807, 2.05) is 31.3 Å². The SMILES string of the molecule is CN1CCCN=C1NCC(O)c1ccccc1Br. The van der Waals surface area contributed by atoms with Crippen LogP contribution in [0.3, 0.4) is 0 Å². The molecule has 1 heterocycles. The Morgan fingerprint density at radius 1 is 1.50 bits per heavy atom. The van der Waals surface area contributed by atoms with Crippen LogP contribution in [0.25, 0.3) is 0 Å². The topological polar surface area (TPSA) is 47.9 Å². The number of nitrogens with one attached hydrogen (secondary N) is 1. The Morgan fingerprint density at radius 2 is 2.28 bits per heavy atom. The molecule has 4 nitrogen and oxygen atoms in total. The van der Waals surface area contributed by atoms with Crippen molar-refractivity contribution in [1.29, 1.82) is 0 Å². The van der Waals surface area contributed by atoms with Gasteiger partial charge in [0, 0.05) is 31.2 Å². The van der Waals surface area contributed by atoms with Gasteiger partial charge < -0.3 is 15.3 Å². The maximum atomic E-state index is 10.2. The largest absolute Gasteiger partial charge is 0.387 e. The number of hydrogen-bond acceptors (Lipinski definition) is 4. The first-order valence-electron chi connectivity index (χ1n) is 6.10. The fourth-order valence-corrected chi connectivity index (χ4v) is 2.50. The maximum absolute atomic E-state index is 10.2. The minimum atomic E-state index is -0.543. The van der Waals surface area contributed by atoms with Crippen molar-refractivity contribution < 1.29 is 5.11 Å². The summed E-state index contributed by atoms with van der Waals surface area (Å²) in [5, 5.41) is 13.4. The zero-order chi connectivity index (χ0) is 13.0. The number of rotatable bonds is 3. The van der Waals surface area contributed by atoms with Gasteiger partial charge in [0.05, 0.1) is 6.10 Å². The Labute approximate surface area is 116 Å². The smallest absolute Gasteiger partial charge is 0.193 e. The molecule has 18 heavy (non-hydrogen) atoms. The molecule has 0 saturated heterocycles. The number of guanidine groups is 1. The van der Waals surface area contributed by atoms with Crippen LogP contribution in [0.4, 0.5) is 0 Å². The summed E-state index contributed by atoms with van der Waals surface area (Å²) in [6.07, 6.45) is 0.549. The van der Waals surface area contributed by atoms with Gasteiger partial charge in [0.15, 0.2) is 5.96 Å². The molecule has 1 aliphatic rings. The molecule has 98 valence electrons. The van der Waals surface area contributed by atoms with Crippen LogP contribution in [0.1, 0.15) is 18.1 Å². The van der Waals surface area contributed by atoms with Crippen LogP contribution in [0, 0.1) is 0 Å². The second-order valence-corrected chi connectivity index (χ2v) is 5.25. The third-order valence-electron chi connectivity index (χ3n) is 2.99. The van der Waals surface area contributed by atoms with Crippen molar-refractivity contribution in [1.82, 2.24) is 10.2 Å². The van der Waals surface area contributed by atoms with Crippen molar-refractivity contribution >= 4 is 21.9 Å². The second-order valence-electron chi connectivity index (χ2n) is 4.40. The molecule has 1 unspecified atom stereocenters. The molecule has 1 aromatic carbocycles. The van der Waals surface area contributed by atoms with E-state index in [2.05, 4.69) is 31.1 Å². The Morgan fingerprint density at radius 3 is 3.00 bits per heavy atom. The standard InChI is InChI=1S/C13H18BrN3O/c1-17-8-4-7-15-13(17)16-9-12(18)10-5-2-3-6-11(10)14/h2-3,5-6,12,18H,4,7-9H2,1H3,(H,15,16). The lowest BCUT2D eigenvalue weighted by Gasteiger charge is -2.26. The highest BCUT2D eigenvalue weighted by molar-refractivity contribution is 9.10. The molecule has 0 fully saturated rings. The highest BCUT2D eigenvalue weighted by atomic mass is 79.9. The quantitative estimate of drug-likeness (QED) is 0.894. The molecule has 0 spiro atoms. The molecule has 1 atom stereocenters. The molecule has 2 rings (SSSR count). The Kier molecular flexibility index (Phi) is 4.60. The van der Waals surface area contributed by atoms with Crippen LogP contribution in [-0.4, -0.2) is 42.6 Å². The lowest BCUT2D eigenvalue weighted by Crippen LogP contribution is -2.43. The van der Waals surface area contributed by atoms with Crippen LogP contribution in [0.5, 0.6) is 0 Å². The molecule has 1 aromatic rings. The van der Waals surface area contributed by atoms with Crippen LogP contribution in [0.2, 0.25) is 0 Å². The molecule has 0 aromatic heterocycles. The highest BCUT2D eigenvalue weighted by Gasteiger charge is 2.14. The van der Waals surface area contributed by atoms with Crippen molar-refractivity contribution in [2.45, 2.75) is 12.5 Å². The number of nitrogens with zero attached hydrogens (tertiary/aromatic N) is 2. The van der Waals surface area contributed by atoms with Crippen molar-refractivity contribution in [2.24, 2.45) is 4.99 Å². The summed E-state index contributed by atoms with van der Waals surface area (Å²) < 4.78 is 0.929. The molecule has 0 saturated carbocycles. The lowest BCUT2D eigenvalue weighted by atomic mass is 10.1. The van der Waals surface area contributed by atoms with Crippen molar-refractivity contribution in [3.05, 3.63) is 34.3 Å². The van der Waals surface area contributed by atoms with Crippen LogP contribution < -0.4 is 5.32 Å². The first-order valence-corrected chi connectivity index (χ1v) is 6.89. The lowest BCUT2D eigenvalue weighted by molar-refractivity contribution is 0.179. The second kappa shape index (κ2) is 6.20. The van der Waals surface area contributed by atoms with Gasteiger partial charge in [-0.1, -0.05) is 34.1 Å². The molecule has 0 amide bonds. The van der Waals surface area contributed by atoms with Gasteiger partial charge in [-0.25, -0.2) is 0 Å². The van der Waals surface area contributed by atoms with E-state index in [9.17, 15) is 5.11 Å². The van der Waals surface area contributed by atoms with Gasteiger partial charge in [0.1, 0.15) is 0 Å². The number of aliphatic hydroxyl groups excluding tert-OH is 1. The van der Waals surface area contributed by atoms with Gasteiger partial charge in [-0.2, -0.15) is 0 Å². The van der Waals surface area contributed by atoms with Gasteiger partial charge in [0.2, 0.25) is 0 Å². The van der Waals surface area contributed by atoms with E-state index >= 15 is 0 Å². The first kappa shape index (κ1) is 13.4. The van der Waals surface area contributed by atoms with Crippen LogP contribution >= 0.6 is 15.9 Å². The molecule has 0 aliphatic carbocycles. The predicted octanol–water partition coefficient (Wildman–Crippen LogP) is 1.76. The molecule has 0 radical (unpaired) electrons. The van der Waals surface area contributed by atoms with E-state index in [0.717, 1.165) is 35.5 Å². The average molecular weight is 312 g/mol. The third kappa shape index (κ3) is 3.23. The summed E-state index contributed by atoms with van der Waals surface area (Å²) in [7, 11) is 2.01. The van der Waals surface area contributed by atoms with E-state index in [-0.39, 0.29) is 0 Å². The summed E-state index contributed by atoms with van der Waals surface area (Å²) >= 11 is 3.45. The fraction of sp³-hybridized carbons (Fsp3) is 0.462. The molecule has 0 bridgehead atoms. The van der Waals surface area contributed by atoms with Gasteiger partial charge in [0.25, 0.3) is 0 Å². The van der Waals surface area contributed by atoms with E-state index in [4.69, 9.17) is 0 Å². The third-order valence-corrected chi connectivity index (χ3v) is 3.71. The van der Waals surface area contributed by atoms with Gasteiger partial charge in [-0.05, 0) is 18.1 Å². The Hall–Kier alpha value is -1.07. The highest BCUT2D eigenvalue weighted by Crippen LogP contribution is 2.22. The number of benzene rings is 1. The first-order chi connectivity index (χ1) is 8.68. The van der Waals surface area contributed by atoms with Crippen LogP contribution in [0.15, 0.2) is 33.7 Å². The van der Waals surface area contributed by atoms with Gasteiger partial charge in [-0.3, -0.25) is 4.99 Å². The Balaban J connectivity index is 1.94. The molecule has 2 N–H and O–H groups in total. The molecule has 5 heteroatoms. The maximum Gasteiger partial charge on any atom is 0.193 e. The number of halogens is 1. The minimum Gasteiger partial charge on any atom is -0.387 e. The zero-order valence-electron chi connectivity index (χ0n) is 10.4. The summed E-state index contributed by atoms with van der Waals surface area (Å²) in [5.41, 5.74) is 0.893. The minimum absolute atomic E-state index is 0.464. The van der Waals surface area contributed by atoms with Gasteiger partial charge >= 0.3 is 0 Å². The van der Waals surface area contributed by atoms with Crippen molar-refractivity contribution in [2.75, 3.05) is 26.7 Å². The fourth-order valence-electron chi connectivity index (χ4n) is 1.95.